The number of carbonyl (C=O) groups is 2. The number of Topliss-reactive ketones (excluding diaryl/α,β-unsaturated/α-hetero) is 1. The van der Waals surface area contributed by atoms with Crippen LogP contribution in [0.3, 0.4) is 0 Å². The zero-order chi connectivity index (χ0) is 22.7. The number of ketones is 1. The molecule has 2 aromatic carbocycles. The van der Waals surface area contributed by atoms with Crippen molar-refractivity contribution in [3.8, 4) is 5.75 Å². The van der Waals surface area contributed by atoms with Crippen LogP contribution < -0.4 is 14.7 Å². The van der Waals surface area contributed by atoms with Gasteiger partial charge in [-0.2, -0.15) is 0 Å². The van der Waals surface area contributed by atoms with E-state index >= 15 is 0 Å². The maximum atomic E-state index is 13.3. The lowest BCUT2D eigenvalue weighted by Crippen LogP contribution is -3.06. The van der Waals surface area contributed by atoms with Gasteiger partial charge in [0.15, 0.2) is 0 Å². The number of benzene rings is 2. The van der Waals surface area contributed by atoms with E-state index in [4.69, 9.17) is 4.74 Å². The number of hydrogen-bond acceptors (Lipinski definition) is 4. The summed E-state index contributed by atoms with van der Waals surface area (Å²) in [6, 6.07) is 13.6. The highest BCUT2D eigenvalue weighted by atomic mass is 16.5. The van der Waals surface area contributed by atoms with E-state index in [1.165, 1.54) is 4.90 Å². The molecule has 2 aromatic rings. The van der Waals surface area contributed by atoms with Gasteiger partial charge in [0.2, 0.25) is 5.78 Å². The largest absolute Gasteiger partial charge is 0.872 e. The Balaban J connectivity index is 2.08. The molecule has 0 aliphatic carbocycles. The van der Waals surface area contributed by atoms with Crippen LogP contribution in [0.5, 0.6) is 5.75 Å². The van der Waals surface area contributed by atoms with Crippen LogP contribution in [0, 0.1) is 6.92 Å². The van der Waals surface area contributed by atoms with Crippen LogP contribution in [0.2, 0.25) is 0 Å². The summed E-state index contributed by atoms with van der Waals surface area (Å²) in [6.07, 6.45) is 0.0327. The molecule has 0 bridgehead atoms. The van der Waals surface area contributed by atoms with Gasteiger partial charge in [0.05, 0.1) is 39.3 Å². The lowest BCUT2D eigenvalue weighted by Gasteiger charge is -2.28. The summed E-state index contributed by atoms with van der Waals surface area (Å²) in [7, 11) is 3.97. The maximum Gasteiger partial charge on any atom is 0.295 e. The van der Waals surface area contributed by atoms with Crippen molar-refractivity contribution in [3.05, 3.63) is 70.8 Å². The highest BCUT2D eigenvalue weighted by molar-refractivity contribution is 6.46. The summed E-state index contributed by atoms with van der Waals surface area (Å²) in [6.45, 7) is 6.86. The lowest BCUT2D eigenvalue weighted by molar-refractivity contribution is -0.857. The Morgan fingerprint density at radius 3 is 2.23 bits per heavy atom. The second-order valence-electron chi connectivity index (χ2n) is 8.53. The molecule has 31 heavy (non-hydrogen) atoms. The Morgan fingerprint density at radius 2 is 1.68 bits per heavy atom. The van der Waals surface area contributed by atoms with Gasteiger partial charge in [0.1, 0.15) is 5.75 Å². The molecule has 1 saturated heterocycles. The van der Waals surface area contributed by atoms with Gasteiger partial charge in [-0.05, 0) is 44.0 Å². The highest BCUT2D eigenvalue weighted by Gasteiger charge is 2.44. The fourth-order valence-electron chi connectivity index (χ4n) is 3.65. The van der Waals surface area contributed by atoms with E-state index in [1.54, 1.807) is 12.1 Å². The molecule has 0 aromatic heterocycles. The van der Waals surface area contributed by atoms with Crippen molar-refractivity contribution in [1.29, 1.82) is 0 Å². The van der Waals surface area contributed by atoms with Crippen LogP contribution >= 0.6 is 0 Å². The zero-order valence-corrected chi connectivity index (χ0v) is 18.8. The van der Waals surface area contributed by atoms with E-state index in [0.717, 1.165) is 16.0 Å². The highest BCUT2D eigenvalue weighted by Crippen LogP contribution is 2.38. The third-order valence-corrected chi connectivity index (χ3v) is 5.26. The molecule has 1 atom stereocenters. The number of aryl methyl sites for hydroxylation is 1. The molecular formula is C25H30N2O4. The van der Waals surface area contributed by atoms with Gasteiger partial charge in [0.25, 0.3) is 5.91 Å². The van der Waals surface area contributed by atoms with E-state index < -0.39 is 23.5 Å². The number of quaternary nitrogens is 1. The average molecular weight is 423 g/mol. The Labute approximate surface area is 183 Å². The summed E-state index contributed by atoms with van der Waals surface area (Å²) in [4.78, 5) is 28.5. The predicted molar refractivity (Wildman–Crippen MR) is 117 cm³/mol. The van der Waals surface area contributed by atoms with Crippen molar-refractivity contribution < 1.29 is 24.3 Å². The molecule has 3 rings (SSSR count). The Bertz CT molecular complexity index is 976. The third kappa shape index (κ3) is 4.97. The smallest absolute Gasteiger partial charge is 0.295 e. The molecule has 6 nitrogen and oxygen atoms in total. The van der Waals surface area contributed by atoms with Crippen LogP contribution in [0.25, 0.3) is 5.76 Å². The number of ether oxygens (including phenoxy) is 1. The number of nitrogens with zero attached hydrogens (tertiary/aromatic N) is 1. The number of hydrogen-bond donors (Lipinski definition) is 1. The van der Waals surface area contributed by atoms with Crippen molar-refractivity contribution in [2.75, 3.05) is 27.2 Å². The first-order chi connectivity index (χ1) is 14.7. The summed E-state index contributed by atoms with van der Waals surface area (Å²) in [5.41, 5.74) is 2.16. The second kappa shape index (κ2) is 9.35. The SMILES string of the molecule is Cc1ccc(C([O-])=C2C(=O)C(=O)N(CC[NH+](C)C)C2c2ccc(OC(C)C)cc2)cc1. The van der Waals surface area contributed by atoms with Gasteiger partial charge < -0.3 is 19.6 Å². The number of likely N-dealkylation sites (N-methyl/N-ethyl adjacent to an activating group) is 1. The monoisotopic (exact) mass is 422 g/mol. The molecule has 0 spiro atoms. The van der Waals surface area contributed by atoms with E-state index in [9.17, 15) is 14.7 Å². The topological polar surface area (TPSA) is 74.1 Å². The molecular weight excluding hydrogens is 392 g/mol. The van der Waals surface area contributed by atoms with E-state index in [0.29, 0.717) is 24.4 Å². The average Bonchev–Trinajstić information content (AvgIpc) is 2.97. The van der Waals surface area contributed by atoms with Crippen LogP contribution in [0.1, 0.15) is 36.6 Å². The van der Waals surface area contributed by atoms with Gasteiger partial charge in [-0.1, -0.05) is 47.7 Å². The summed E-state index contributed by atoms with van der Waals surface area (Å²) < 4.78 is 5.71. The quantitative estimate of drug-likeness (QED) is 0.413. The predicted octanol–water partition coefficient (Wildman–Crippen LogP) is 1.15. The van der Waals surface area contributed by atoms with Crippen molar-refractivity contribution in [2.24, 2.45) is 0 Å². The van der Waals surface area contributed by atoms with Crippen LogP contribution in [-0.2, 0) is 9.59 Å². The maximum absolute atomic E-state index is 13.3. The number of carbonyl (C=O) groups excluding carboxylic acids is 2. The molecule has 0 saturated carbocycles. The lowest BCUT2D eigenvalue weighted by atomic mass is 9.95. The molecule has 1 aliphatic heterocycles. The molecule has 1 heterocycles. The molecule has 1 amide bonds. The van der Waals surface area contributed by atoms with Crippen LogP contribution in [-0.4, -0.2) is 49.9 Å². The van der Waals surface area contributed by atoms with Gasteiger partial charge in [-0.15, -0.1) is 0 Å². The fraction of sp³-hybridized carbons (Fsp3) is 0.360. The number of rotatable bonds is 7. The normalized spacial score (nSPS) is 18.3. The van der Waals surface area contributed by atoms with Gasteiger partial charge in [-0.25, -0.2) is 0 Å². The molecule has 0 radical (unpaired) electrons. The first kappa shape index (κ1) is 22.6. The number of amides is 1. The van der Waals surface area contributed by atoms with Crippen molar-refractivity contribution in [1.82, 2.24) is 4.90 Å². The van der Waals surface area contributed by atoms with E-state index in [-0.39, 0.29) is 11.7 Å². The van der Waals surface area contributed by atoms with Crippen molar-refractivity contribution in [2.45, 2.75) is 32.9 Å². The molecule has 1 aliphatic rings. The summed E-state index contributed by atoms with van der Waals surface area (Å²) in [5.74, 6) is -1.04. The minimum Gasteiger partial charge on any atom is -0.872 e. The molecule has 1 fully saturated rings. The second-order valence-corrected chi connectivity index (χ2v) is 8.53. The Hall–Kier alpha value is -3.12. The van der Waals surface area contributed by atoms with Crippen molar-refractivity contribution >= 4 is 17.4 Å². The van der Waals surface area contributed by atoms with Gasteiger partial charge >= 0.3 is 0 Å². The fourth-order valence-corrected chi connectivity index (χ4v) is 3.65. The van der Waals surface area contributed by atoms with E-state index in [2.05, 4.69) is 0 Å². The van der Waals surface area contributed by atoms with E-state index in [1.807, 2.05) is 71.3 Å². The van der Waals surface area contributed by atoms with Crippen LogP contribution in [0.4, 0.5) is 0 Å². The third-order valence-electron chi connectivity index (χ3n) is 5.26. The van der Waals surface area contributed by atoms with Crippen LogP contribution in [0.15, 0.2) is 54.1 Å². The van der Waals surface area contributed by atoms with Gasteiger partial charge in [-0.3, -0.25) is 9.59 Å². The number of nitrogens with one attached hydrogen (secondary N) is 1. The zero-order valence-electron chi connectivity index (χ0n) is 18.8. The molecule has 1 N–H and O–H groups in total. The first-order valence-corrected chi connectivity index (χ1v) is 10.6. The van der Waals surface area contributed by atoms with Gasteiger partial charge in [0, 0.05) is 5.57 Å². The Kier molecular flexibility index (Phi) is 6.81. The Morgan fingerprint density at radius 1 is 1.06 bits per heavy atom. The molecule has 164 valence electrons. The summed E-state index contributed by atoms with van der Waals surface area (Å²) >= 11 is 0. The standard InChI is InChI=1S/C25H30N2O4/c1-16(2)31-20-12-10-18(11-13-20)22-21(23(28)19-8-6-17(3)7-9-19)24(29)25(30)27(22)15-14-26(4)5/h6-13,16,22,28H,14-15H2,1-5H3. The first-order valence-electron chi connectivity index (χ1n) is 10.6. The minimum absolute atomic E-state index is 0.0140. The summed E-state index contributed by atoms with van der Waals surface area (Å²) in [5, 5.41) is 13.3. The number of likely N-dealkylation sites (tertiary alicyclic amines) is 1. The van der Waals surface area contributed by atoms with Crippen molar-refractivity contribution in [3.63, 3.8) is 0 Å². The minimum atomic E-state index is -0.716. The molecule has 6 heteroatoms. The molecule has 1 unspecified atom stereocenters.